The van der Waals surface area contributed by atoms with Crippen LogP contribution in [0.1, 0.15) is 25.2 Å². The van der Waals surface area contributed by atoms with Crippen molar-refractivity contribution in [1.29, 1.82) is 0 Å². The zero-order valence-corrected chi connectivity index (χ0v) is 7.05. The first-order valence-corrected chi connectivity index (χ1v) is 3.58. The SMILES string of the molecule is Cc1[c]ccc(C(C)(C)O)n1. The summed E-state index contributed by atoms with van der Waals surface area (Å²) in [4.78, 5) is 4.14. The van der Waals surface area contributed by atoms with Crippen LogP contribution < -0.4 is 0 Å². The van der Waals surface area contributed by atoms with Gasteiger partial charge in [0.05, 0.1) is 5.69 Å². The summed E-state index contributed by atoms with van der Waals surface area (Å²) in [6.07, 6.45) is 0. The van der Waals surface area contributed by atoms with Gasteiger partial charge in [-0.15, -0.1) is 0 Å². The predicted octanol–water partition coefficient (Wildman–Crippen LogP) is 1.42. The van der Waals surface area contributed by atoms with E-state index in [0.717, 1.165) is 5.69 Å². The van der Waals surface area contributed by atoms with Crippen LogP contribution in [0.4, 0.5) is 0 Å². The Hall–Kier alpha value is -0.890. The molecule has 0 saturated carbocycles. The molecule has 59 valence electrons. The molecule has 0 spiro atoms. The fourth-order valence-corrected chi connectivity index (χ4v) is 0.832. The highest BCUT2D eigenvalue weighted by molar-refractivity contribution is 5.13. The molecule has 0 aromatic carbocycles. The lowest BCUT2D eigenvalue weighted by Crippen LogP contribution is -2.17. The molecular formula is C9H12NO. The zero-order valence-electron chi connectivity index (χ0n) is 7.05. The van der Waals surface area contributed by atoms with E-state index in [9.17, 15) is 5.11 Å². The molecule has 0 amide bonds. The Balaban J connectivity index is 3.06. The lowest BCUT2D eigenvalue weighted by molar-refractivity contribution is 0.0737. The second-order valence-electron chi connectivity index (χ2n) is 3.12. The second kappa shape index (κ2) is 2.62. The number of aryl methyl sites for hydroxylation is 1. The maximum atomic E-state index is 9.54. The monoisotopic (exact) mass is 150 g/mol. The third kappa shape index (κ3) is 2.02. The summed E-state index contributed by atoms with van der Waals surface area (Å²) in [5.74, 6) is 0. The summed E-state index contributed by atoms with van der Waals surface area (Å²) in [7, 11) is 0. The Morgan fingerprint density at radius 1 is 1.55 bits per heavy atom. The van der Waals surface area contributed by atoms with Crippen LogP contribution in [0.25, 0.3) is 0 Å². The van der Waals surface area contributed by atoms with E-state index >= 15 is 0 Å². The van der Waals surface area contributed by atoms with E-state index in [1.54, 1.807) is 26.0 Å². The van der Waals surface area contributed by atoms with Crippen molar-refractivity contribution in [2.45, 2.75) is 26.4 Å². The van der Waals surface area contributed by atoms with E-state index in [2.05, 4.69) is 11.1 Å². The molecule has 1 aromatic rings. The molecule has 0 aliphatic carbocycles. The first-order chi connectivity index (χ1) is 5.00. The minimum Gasteiger partial charge on any atom is -0.384 e. The van der Waals surface area contributed by atoms with Crippen LogP contribution in [0.3, 0.4) is 0 Å². The molecule has 2 nitrogen and oxygen atoms in total. The topological polar surface area (TPSA) is 33.1 Å². The zero-order chi connectivity index (χ0) is 8.48. The molecule has 1 rings (SSSR count). The van der Waals surface area contributed by atoms with Crippen LogP contribution in [0.15, 0.2) is 12.1 Å². The van der Waals surface area contributed by atoms with Gasteiger partial charge in [-0.25, -0.2) is 0 Å². The van der Waals surface area contributed by atoms with Gasteiger partial charge in [0.1, 0.15) is 5.60 Å². The minimum absolute atomic E-state index is 0.689. The van der Waals surface area contributed by atoms with Gasteiger partial charge in [-0.2, -0.15) is 0 Å². The standard InChI is InChI=1S/C9H12NO/c1-7-5-4-6-8(10-7)9(2,3)11/h4,6,11H,1-3H3. The maximum Gasteiger partial charge on any atom is 0.101 e. The fourth-order valence-electron chi connectivity index (χ4n) is 0.832. The number of nitrogens with zero attached hydrogens (tertiary/aromatic N) is 1. The second-order valence-corrected chi connectivity index (χ2v) is 3.12. The van der Waals surface area contributed by atoms with Crippen molar-refractivity contribution in [3.63, 3.8) is 0 Å². The normalized spacial score (nSPS) is 11.6. The number of pyridine rings is 1. The number of hydrogen-bond acceptors (Lipinski definition) is 2. The Kier molecular flexibility index (Phi) is 1.96. The lowest BCUT2D eigenvalue weighted by Gasteiger charge is -2.16. The van der Waals surface area contributed by atoms with Crippen molar-refractivity contribution >= 4 is 0 Å². The number of hydrogen-bond donors (Lipinski definition) is 1. The van der Waals surface area contributed by atoms with Crippen LogP contribution in [0.2, 0.25) is 0 Å². The van der Waals surface area contributed by atoms with E-state index < -0.39 is 5.60 Å². The van der Waals surface area contributed by atoms with Gasteiger partial charge < -0.3 is 5.11 Å². The molecule has 1 N–H and O–H groups in total. The smallest absolute Gasteiger partial charge is 0.101 e. The van der Waals surface area contributed by atoms with Crippen molar-refractivity contribution in [2.75, 3.05) is 0 Å². The molecule has 0 aliphatic heterocycles. The van der Waals surface area contributed by atoms with E-state index in [0.29, 0.717) is 5.69 Å². The van der Waals surface area contributed by atoms with E-state index in [4.69, 9.17) is 0 Å². The van der Waals surface area contributed by atoms with Gasteiger partial charge in [-0.3, -0.25) is 4.98 Å². The summed E-state index contributed by atoms with van der Waals surface area (Å²) < 4.78 is 0. The van der Waals surface area contributed by atoms with Gasteiger partial charge in [-0.05, 0) is 26.8 Å². The van der Waals surface area contributed by atoms with Gasteiger partial charge in [-0.1, -0.05) is 6.07 Å². The molecule has 0 bridgehead atoms. The maximum absolute atomic E-state index is 9.54. The predicted molar refractivity (Wildman–Crippen MR) is 43.1 cm³/mol. The number of aliphatic hydroxyl groups is 1. The average molecular weight is 150 g/mol. The van der Waals surface area contributed by atoms with Gasteiger partial charge in [0.15, 0.2) is 0 Å². The van der Waals surface area contributed by atoms with Crippen LogP contribution in [0, 0.1) is 13.0 Å². The Morgan fingerprint density at radius 3 is 2.55 bits per heavy atom. The highest BCUT2D eigenvalue weighted by Gasteiger charge is 2.16. The van der Waals surface area contributed by atoms with Gasteiger partial charge in [0, 0.05) is 11.8 Å². The molecule has 0 unspecified atom stereocenters. The van der Waals surface area contributed by atoms with Gasteiger partial charge >= 0.3 is 0 Å². The summed E-state index contributed by atoms with van der Waals surface area (Å²) >= 11 is 0. The van der Waals surface area contributed by atoms with Gasteiger partial charge in [0.2, 0.25) is 0 Å². The molecule has 2 heteroatoms. The molecule has 0 aliphatic rings. The summed E-state index contributed by atoms with van der Waals surface area (Å²) in [6.45, 7) is 5.29. The Bertz CT molecular complexity index is 250. The molecule has 0 fully saturated rings. The molecule has 1 aromatic heterocycles. The third-order valence-corrected chi connectivity index (χ3v) is 1.45. The van der Waals surface area contributed by atoms with E-state index in [1.807, 2.05) is 6.92 Å². The quantitative estimate of drug-likeness (QED) is 0.656. The lowest BCUT2D eigenvalue weighted by atomic mass is 10.0. The molecule has 0 atom stereocenters. The van der Waals surface area contributed by atoms with Gasteiger partial charge in [0.25, 0.3) is 0 Å². The van der Waals surface area contributed by atoms with Crippen LogP contribution >= 0.6 is 0 Å². The number of aromatic nitrogens is 1. The van der Waals surface area contributed by atoms with Crippen molar-refractivity contribution in [3.8, 4) is 0 Å². The van der Waals surface area contributed by atoms with Crippen LogP contribution in [-0.2, 0) is 5.60 Å². The molecule has 11 heavy (non-hydrogen) atoms. The fraction of sp³-hybridized carbons (Fsp3) is 0.444. The largest absolute Gasteiger partial charge is 0.384 e. The minimum atomic E-state index is -0.847. The molecular weight excluding hydrogens is 138 g/mol. The first-order valence-electron chi connectivity index (χ1n) is 3.58. The third-order valence-electron chi connectivity index (χ3n) is 1.45. The molecule has 1 radical (unpaired) electrons. The van der Waals surface area contributed by atoms with Crippen molar-refractivity contribution < 1.29 is 5.11 Å². The first kappa shape index (κ1) is 8.21. The summed E-state index contributed by atoms with van der Waals surface area (Å²) in [6, 6.07) is 6.47. The van der Waals surface area contributed by atoms with Crippen molar-refractivity contribution in [1.82, 2.24) is 4.98 Å². The van der Waals surface area contributed by atoms with E-state index in [-0.39, 0.29) is 0 Å². The highest BCUT2D eigenvalue weighted by atomic mass is 16.3. The number of rotatable bonds is 1. The average Bonchev–Trinajstić information content (AvgIpc) is 1.86. The van der Waals surface area contributed by atoms with Crippen LogP contribution in [-0.4, -0.2) is 10.1 Å². The summed E-state index contributed by atoms with van der Waals surface area (Å²) in [5.41, 5.74) is 0.651. The molecule has 0 saturated heterocycles. The van der Waals surface area contributed by atoms with Crippen molar-refractivity contribution in [2.24, 2.45) is 0 Å². The Labute approximate surface area is 66.9 Å². The summed E-state index contributed by atoms with van der Waals surface area (Å²) in [5, 5.41) is 9.54. The van der Waals surface area contributed by atoms with Crippen molar-refractivity contribution in [3.05, 3.63) is 29.6 Å². The highest BCUT2D eigenvalue weighted by Crippen LogP contribution is 2.16. The van der Waals surface area contributed by atoms with Crippen LogP contribution in [0.5, 0.6) is 0 Å². The molecule has 1 heterocycles. The van der Waals surface area contributed by atoms with E-state index in [1.165, 1.54) is 0 Å². The Morgan fingerprint density at radius 2 is 2.18 bits per heavy atom.